The number of rotatable bonds is 30. The highest BCUT2D eigenvalue weighted by atomic mass is 16.6. The monoisotopic (exact) mass is 1120 g/mol. The van der Waals surface area contributed by atoms with Crippen LogP contribution in [0.2, 0.25) is 0 Å². The van der Waals surface area contributed by atoms with Gasteiger partial charge in [0.15, 0.2) is 36.2 Å². The standard InChI is InChI=1S/C61H77N5O15/c1-7-41(40-34-52(76-4)57(78-6)53(35-40)77-5)59(71)65-32-17-14-21-46(65)61(73)81-49(27-24-39-25-28-50(74-2)51(33-39)75-3)43-19-12-13-22-47(43)79-37-55(68)62-30-15-10-8-9-11-16-31-63-56(69)38-80-48-23-18-20-42-44(48)36-66(60(42)72)45-26-29-54(67)64-58(45)70/h12-13,18-20,22-23,25,28,33-35,41,45-46,49H,7-11,14-17,21,24,26-27,29-32,36-38H2,1-6H3,(H,62,68)(H,63,69)(H,64,67,70)/t41-,45?,46-,49+/m0/s1. The van der Waals surface area contributed by atoms with Crippen LogP contribution in [0.1, 0.15) is 135 Å². The first-order valence-electron chi connectivity index (χ1n) is 28.0. The summed E-state index contributed by atoms with van der Waals surface area (Å²) in [5.41, 5.74) is 3.20. The lowest BCUT2D eigenvalue weighted by Crippen LogP contribution is -2.52. The number of unbranched alkanes of at least 4 members (excludes halogenated alkanes) is 5. The number of esters is 1. The molecule has 0 saturated carbocycles. The van der Waals surface area contributed by atoms with E-state index in [1.165, 1.54) is 26.2 Å². The fourth-order valence-corrected chi connectivity index (χ4v) is 10.7. The van der Waals surface area contributed by atoms with E-state index >= 15 is 0 Å². The van der Waals surface area contributed by atoms with Gasteiger partial charge in [-0.1, -0.05) is 62.9 Å². The number of likely N-dealkylation sites (tertiary alicyclic amines) is 1. The number of methoxy groups -OCH3 is 5. The molecule has 436 valence electrons. The van der Waals surface area contributed by atoms with Gasteiger partial charge in [0.05, 0.1) is 48.0 Å². The van der Waals surface area contributed by atoms with Crippen LogP contribution in [0.5, 0.6) is 40.2 Å². The molecule has 0 radical (unpaired) electrons. The number of piperidine rings is 2. The lowest BCUT2D eigenvalue weighted by molar-refractivity contribution is -0.162. The summed E-state index contributed by atoms with van der Waals surface area (Å²) in [5, 5.41) is 8.14. The highest BCUT2D eigenvalue weighted by Crippen LogP contribution is 2.42. The summed E-state index contributed by atoms with van der Waals surface area (Å²) < 4.78 is 46.3. The van der Waals surface area contributed by atoms with Gasteiger partial charge in [0.25, 0.3) is 17.7 Å². The maximum Gasteiger partial charge on any atom is 0.329 e. The number of nitrogens with zero attached hydrogens (tertiary/aromatic N) is 2. The van der Waals surface area contributed by atoms with Crippen LogP contribution >= 0.6 is 0 Å². The Morgan fingerprint density at radius 1 is 0.679 bits per heavy atom. The van der Waals surface area contributed by atoms with Crippen LogP contribution in [-0.2, 0) is 46.5 Å². The third-order valence-corrected chi connectivity index (χ3v) is 15.0. The van der Waals surface area contributed by atoms with Crippen molar-refractivity contribution in [3.63, 3.8) is 0 Å². The molecule has 0 bridgehead atoms. The molecule has 7 rings (SSSR count). The van der Waals surface area contributed by atoms with Crippen LogP contribution in [0, 0.1) is 0 Å². The summed E-state index contributed by atoms with van der Waals surface area (Å²) in [6.07, 6.45) is 8.03. The van der Waals surface area contributed by atoms with Crippen LogP contribution < -0.4 is 49.1 Å². The Bertz CT molecular complexity index is 2830. The minimum absolute atomic E-state index is 0.150. The van der Waals surface area contributed by atoms with Crippen LogP contribution in [0.4, 0.5) is 0 Å². The van der Waals surface area contributed by atoms with E-state index in [1.54, 1.807) is 61.6 Å². The van der Waals surface area contributed by atoms with Gasteiger partial charge >= 0.3 is 5.97 Å². The second-order valence-electron chi connectivity index (χ2n) is 20.2. The minimum Gasteiger partial charge on any atom is -0.493 e. The molecule has 0 aromatic heterocycles. The molecule has 4 aromatic rings. The van der Waals surface area contributed by atoms with E-state index in [1.807, 2.05) is 37.3 Å². The number of ether oxygens (including phenoxy) is 8. The predicted molar refractivity (Wildman–Crippen MR) is 299 cm³/mol. The maximum absolute atomic E-state index is 14.6. The van der Waals surface area contributed by atoms with Gasteiger partial charge in [0, 0.05) is 42.7 Å². The maximum atomic E-state index is 14.6. The average molecular weight is 1120 g/mol. The second kappa shape index (κ2) is 30.0. The summed E-state index contributed by atoms with van der Waals surface area (Å²) in [6, 6.07) is 19.8. The van der Waals surface area contributed by atoms with E-state index in [9.17, 15) is 33.6 Å². The Kier molecular flexibility index (Phi) is 22.4. The van der Waals surface area contributed by atoms with E-state index in [-0.39, 0.29) is 62.1 Å². The molecule has 2 saturated heterocycles. The highest BCUT2D eigenvalue weighted by molar-refractivity contribution is 6.05. The number of para-hydroxylation sites is 1. The van der Waals surface area contributed by atoms with Crippen molar-refractivity contribution in [2.75, 3.05) is 68.4 Å². The van der Waals surface area contributed by atoms with Crippen molar-refractivity contribution in [1.29, 1.82) is 0 Å². The first-order valence-corrected chi connectivity index (χ1v) is 28.0. The molecule has 4 aromatic carbocycles. The fourth-order valence-electron chi connectivity index (χ4n) is 10.7. The van der Waals surface area contributed by atoms with Gasteiger partial charge < -0.3 is 58.3 Å². The zero-order chi connectivity index (χ0) is 57.8. The quantitative estimate of drug-likeness (QED) is 0.0264. The van der Waals surface area contributed by atoms with Crippen molar-refractivity contribution in [1.82, 2.24) is 25.8 Å². The van der Waals surface area contributed by atoms with Crippen molar-refractivity contribution >= 4 is 41.4 Å². The average Bonchev–Trinajstić information content (AvgIpc) is 3.95. The van der Waals surface area contributed by atoms with Crippen LogP contribution in [-0.4, -0.2) is 132 Å². The minimum atomic E-state index is -0.840. The molecule has 3 heterocycles. The number of imide groups is 1. The van der Waals surface area contributed by atoms with Gasteiger partial charge in [-0.25, -0.2) is 4.79 Å². The largest absolute Gasteiger partial charge is 0.493 e. The van der Waals surface area contributed by atoms with Gasteiger partial charge in [-0.2, -0.15) is 0 Å². The Hall–Kier alpha value is -8.03. The first kappa shape index (κ1) is 60.6. The number of carbonyl (C=O) groups excluding carboxylic acids is 7. The SMILES string of the molecule is CC[C@H](C(=O)N1CCCC[C@H]1C(=O)O[C@H](CCc1ccc(OC)c(OC)c1)c1ccccc1OCC(=O)NCCCCCCCCNC(=O)COc1cccc2c1CN(C1CCC(=O)NC1=O)C2=O)c1cc(OC)c(OC)c(OC)c1. The van der Waals surface area contributed by atoms with Crippen LogP contribution in [0.15, 0.2) is 72.8 Å². The number of carbonyl (C=O) groups is 7. The molecule has 0 aliphatic carbocycles. The van der Waals surface area contributed by atoms with Gasteiger partial charge in [-0.05, 0) is 111 Å². The van der Waals surface area contributed by atoms with Gasteiger partial charge in [-0.15, -0.1) is 0 Å². The van der Waals surface area contributed by atoms with E-state index in [0.717, 1.165) is 56.9 Å². The third kappa shape index (κ3) is 15.7. The number of hydrogen-bond donors (Lipinski definition) is 3. The van der Waals surface area contributed by atoms with Crippen molar-refractivity contribution in [3.05, 3.63) is 101 Å². The molecule has 6 amide bonds. The second-order valence-corrected chi connectivity index (χ2v) is 20.2. The van der Waals surface area contributed by atoms with Crippen molar-refractivity contribution in [2.24, 2.45) is 0 Å². The van der Waals surface area contributed by atoms with Gasteiger partial charge in [0.2, 0.25) is 23.5 Å². The molecular weight excluding hydrogens is 1040 g/mol. The van der Waals surface area contributed by atoms with Crippen molar-refractivity contribution in [3.8, 4) is 40.2 Å². The van der Waals surface area contributed by atoms with Gasteiger partial charge in [-0.3, -0.25) is 34.1 Å². The third-order valence-electron chi connectivity index (χ3n) is 15.0. The molecule has 81 heavy (non-hydrogen) atoms. The van der Waals surface area contributed by atoms with Crippen molar-refractivity contribution < 1.29 is 71.5 Å². The van der Waals surface area contributed by atoms with Crippen LogP contribution in [0.3, 0.4) is 0 Å². The zero-order valence-electron chi connectivity index (χ0n) is 47.4. The number of aryl methyl sites for hydroxylation is 1. The lowest BCUT2D eigenvalue weighted by Gasteiger charge is -2.37. The lowest BCUT2D eigenvalue weighted by atomic mass is 9.91. The summed E-state index contributed by atoms with van der Waals surface area (Å²) in [6.45, 7) is 2.92. The Morgan fingerprint density at radius 2 is 1.32 bits per heavy atom. The number of nitrogens with one attached hydrogen (secondary N) is 3. The van der Waals surface area contributed by atoms with E-state index < -0.39 is 36.0 Å². The van der Waals surface area contributed by atoms with E-state index in [0.29, 0.717) is 108 Å². The summed E-state index contributed by atoms with van der Waals surface area (Å²) in [5.74, 6) is 0.127. The number of hydrogen-bond acceptors (Lipinski definition) is 15. The molecule has 3 aliphatic rings. The molecule has 4 atom stereocenters. The first-order chi connectivity index (χ1) is 39.3. The van der Waals surface area contributed by atoms with Crippen LogP contribution in [0.25, 0.3) is 0 Å². The molecule has 2 fully saturated rings. The molecular formula is C61H77N5O15. The molecule has 0 spiro atoms. The van der Waals surface area contributed by atoms with E-state index in [2.05, 4.69) is 16.0 Å². The summed E-state index contributed by atoms with van der Waals surface area (Å²) in [4.78, 5) is 95.3. The topological polar surface area (TPSA) is 236 Å². The molecule has 1 unspecified atom stereocenters. The normalized spacial score (nSPS) is 16.5. The number of amides is 6. The highest BCUT2D eigenvalue weighted by Gasteiger charge is 2.41. The Balaban J connectivity index is 0.869. The van der Waals surface area contributed by atoms with E-state index in [4.69, 9.17) is 37.9 Å². The number of benzene rings is 4. The smallest absolute Gasteiger partial charge is 0.329 e. The molecule has 20 heteroatoms. The Labute approximate surface area is 473 Å². The van der Waals surface area contributed by atoms with Gasteiger partial charge in [0.1, 0.15) is 29.7 Å². The predicted octanol–water partition coefficient (Wildman–Crippen LogP) is 7.31. The summed E-state index contributed by atoms with van der Waals surface area (Å²) >= 11 is 0. The zero-order valence-corrected chi connectivity index (χ0v) is 47.4. The fraction of sp³-hybridized carbons (Fsp3) is 0.492. The van der Waals surface area contributed by atoms with Crippen molar-refractivity contribution in [2.45, 2.75) is 127 Å². The molecule has 20 nitrogen and oxygen atoms in total. The Morgan fingerprint density at radius 3 is 1.96 bits per heavy atom. The molecule has 3 N–H and O–H groups in total. The summed E-state index contributed by atoms with van der Waals surface area (Å²) in [7, 11) is 7.71. The number of fused-ring (bicyclic) bond motifs is 1. The molecule has 3 aliphatic heterocycles.